The highest BCUT2D eigenvalue weighted by molar-refractivity contribution is 6.47. The number of carbonyl (C=O) groups is 4. The first-order valence-electron chi connectivity index (χ1n) is 32.4. The zero-order valence-electron chi connectivity index (χ0n) is 52.4. The van der Waals surface area contributed by atoms with Gasteiger partial charge in [-0.2, -0.15) is 0 Å². The number of ether oxygens (including phenoxy) is 2. The first-order valence-corrected chi connectivity index (χ1v) is 32.4. The Bertz CT molecular complexity index is 4860. The molecular weight excluding hydrogens is 1120 g/mol. The molecular formula is C83H70N2O6. The maximum Gasteiger partial charge on any atom is 0.266 e. The van der Waals surface area contributed by atoms with Crippen molar-refractivity contribution in [2.45, 2.75) is 111 Å². The van der Waals surface area contributed by atoms with Gasteiger partial charge in [-0.3, -0.25) is 19.2 Å². The Balaban J connectivity index is 1.11. The van der Waals surface area contributed by atoms with Gasteiger partial charge in [0.05, 0.1) is 22.5 Å². The molecule has 91 heavy (non-hydrogen) atoms. The van der Waals surface area contributed by atoms with E-state index in [-0.39, 0.29) is 23.7 Å². The molecule has 0 radical (unpaired) electrons. The predicted octanol–water partition coefficient (Wildman–Crippen LogP) is 21.9. The Morgan fingerprint density at radius 3 is 1.26 bits per heavy atom. The van der Waals surface area contributed by atoms with Gasteiger partial charge < -0.3 is 9.47 Å². The van der Waals surface area contributed by atoms with Gasteiger partial charge in [-0.15, -0.1) is 0 Å². The molecule has 0 bridgehead atoms. The minimum absolute atomic E-state index is 0.0162. The number of aryl methyl sites for hydroxylation is 1. The van der Waals surface area contributed by atoms with Gasteiger partial charge in [0.1, 0.15) is 23.0 Å². The Morgan fingerprint density at radius 2 is 0.780 bits per heavy atom. The number of hydrogen-bond acceptors (Lipinski definition) is 6. The number of nitrogens with zero attached hydrogens (tertiary/aromatic N) is 2. The van der Waals surface area contributed by atoms with Crippen LogP contribution in [0.5, 0.6) is 23.0 Å². The first-order chi connectivity index (χ1) is 44.3. The highest BCUT2D eigenvalue weighted by Crippen LogP contribution is 2.57. The molecule has 12 aromatic carbocycles. The number of imide groups is 2. The van der Waals surface area contributed by atoms with Gasteiger partial charge in [0.25, 0.3) is 23.6 Å². The summed E-state index contributed by atoms with van der Waals surface area (Å²) in [5, 5.41) is 4.85. The normalized spacial score (nSPS) is 14.4. The third-order valence-electron chi connectivity index (χ3n) is 19.5. The fourth-order valence-electron chi connectivity index (χ4n) is 15.2. The van der Waals surface area contributed by atoms with Gasteiger partial charge in [-0.05, 0) is 128 Å². The lowest BCUT2D eigenvalue weighted by atomic mass is 9.80. The van der Waals surface area contributed by atoms with E-state index in [2.05, 4.69) is 115 Å². The van der Waals surface area contributed by atoms with Crippen molar-refractivity contribution in [1.29, 1.82) is 0 Å². The maximum absolute atomic E-state index is 16.5. The van der Waals surface area contributed by atoms with Crippen molar-refractivity contribution in [3.05, 3.63) is 250 Å². The summed E-state index contributed by atoms with van der Waals surface area (Å²) in [5.74, 6) is 0.342. The lowest BCUT2D eigenvalue weighted by Crippen LogP contribution is -2.42. The highest BCUT2D eigenvalue weighted by atomic mass is 16.5. The molecule has 2 aliphatic heterocycles. The van der Waals surface area contributed by atoms with Crippen LogP contribution in [-0.2, 0) is 6.42 Å². The van der Waals surface area contributed by atoms with E-state index in [1.807, 2.05) is 133 Å². The van der Waals surface area contributed by atoms with Crippen molar-refractivity contribution in [2.24, 2.45) is 0 Å². The lowest BCUT2D eigenvalue weighted by Gasteiger charge is -2.34. The predicted molar refractivity (Wildman–Crippen MR) is 370 cm³/mol. The van der Waals surface area contributed by atoms with Crippen LogP contribution in [0.2, 0.25) is 0 Å². The zero-order valence-corrected chi connectivity index (χ0v) is 52.4. The molecule has 448 valence electrons. The summed E-state index contributed by atoms with van der Waals surface area (Å²) in [6.07, 6.45) is 5.96. The fraction of sp³-hybridized carbons (Fsp3) is 0.205. The second-order valence-electron chi connectivity index (χ2n) is 25.8. The van der Waals surface area contributed by atoms with Gasteiger partial charge >= 0.3 is 0 Å². The molecule has 0 aromatic heterocycles. The molecule has 15 rings (SSSR count). The average molecular weight is 1190 g/mol. The third-order valence-corrected chi connectivity index (χ3v) is 19.5. The summed E-state index contributed by atoms with van der Waals surface area (Å²) in [5.41, 5.74) is 12.6. The van der Waals surface area contributed by atoms with Crippen molar-refractivity contribution in [1.82, 2.24) is 0 Å². The molecule has 0 N–H and O–H groups in total. The molecule has 1 saturated carbocycles. The molecule has 0 spiro atoms. The van der Waals surface area contributed by atoms with Crippen LogP contribution in [0.4, 0.5) is 11.4 Å². The number of amides is 4. The van der Waals surface area contributed by atoms with Crippen LogP contribution < -0.4 is 19.3 Å². The summed E-state index contributed by atoms with van der Waals surface area (Å²) >= 11 is 0. The van der Waals surface area contributed by atoms with Crippen molar-refractivity contribution in [2.75, 3.05) is 9.80 Å². The van der Waals surface area contributed by atoms with Crippen LogP contribution in [-0.4, -0.2) is 23.6 Å². The standard InChI is InChI=1S/C83H70N2O6/c1-8-50-33-21-34-55(47(2)3)76(50)84-80(86)64-43-41-62-70-63(42-44-65(71(64)70)81(84)87)74-69(91-79-60(53-29-17-11-18-30-53)39-24-40-61(79)54-31-19-12-20-32-54)46-67-72-66(82(88)85(83(67)89)77-56(48(4)5)35-22-36-57(77)49(6)7)45-68(73(62)75(72)74)90-78-58(51-25-13-9-14-26-51)37-23-38-59(78)52-27-15-10-16-28-52/h9-11,13-18,21-30,33-49,54H,8,12,19-20,31-32H2,1-7H3. The van der Waals surface area contributed by atoms with Crippen molar-refractivity contribution in [3.8, 4) is 56.4 Å². The second-order valence-corrected chi connectivity index (χ2v) is 25.8. The quantitative estimate of drug-likeness (QED) is 0.0612. The summed E-state index contributed by atoms with van der Waals surface area (Å²) in [6.45, 7) is 14.6. The molecule has 1 aliphatic carbocycles. The number of rotatable bonds is 14. The molecule has 1 fully saturated rings. The van der Waals surface area contributed by atoms with Crippen LogP contribution in [0.1, 0.15) is 173 Å². The lowest BCUT2D eigenvalue weighted by molar-refractivity contribution is 0.0877. The van der Waals surface area contributed by atoms with E-state index in [4.69, 9.17) is 9.47 Å². The van der Waals surface area contributed by atoms with Crippen LogP contribution in [0, 0.1) is 0 Å². The number of benzene rings is 12. The van der Waals surface area contributed by atoms with E-state index in [0.717, 1.165) is 93.3 Å². The van der Waals surface area contributed by atoms with E-state index in [1.165, 1.54) is 9.80 Å². The third kappa shape index (κ3) is 9.15. The largest absolute Gasteiger partial charge is 0.456 e. The summed E-state index contributed by atoms with van der Waals surface area (Å²) in [7, 11) is 0. The molecule has 8 nitrogen and oxygen atoms in total. The first kappa shape index (κ1) is 57.3. The zero-order chi connectivity index (χ0) is 62.5. The number of anilines is 2. The van der Waals surface area contributed by atoms with E-state index >= 15 is 19.2 Å². The van der Waals surface area contributed by atoms with Crippen LogP contribution in [0.25, 0.3) is 76.5 Å². The molecule has 0 saturated heterocycles. The molecule has 0 atom stereocenters. The number of carbonyl (C=O) groups excluding carboxylic acids is 4. The minimum atomic E-state index is -0.474. The van der Waals surface area contributed by atoms with E-state index in [9.17, 15) is 0 Å². The van der Waals surface area contributed by atoms with E-state index < -0.39 is 23.6 Å². The van der Waals surface area contributed by atoms with Crippen LogP contribution >= 0.6 is 0 Å². The summed E-state index contributed by atoms with van der Waals surface area (Å²) in [6, 6.07) is 66.7. The Hall–Kier alpha value is -10.2. The summed E-state index contributed by atoms with van der Waals surface area (Å²) in [4.78, 5) is 67.5. The van der Waals surface area contributed by atoms with Gasteiger partial charge in [-0.25, -0.2) is 9.80 Å². The molecule has 8 heteroatoms. The Kier molecular flexibility index (Phi) is 14.3. The van der Waals surface area contributed by atoms with Gasteiger partial charge in [0, 0.05) is 54.7 Å². The molecule has 4 amide bonds. The van der Waals surface area contributed by atoms with E-state index in [1.54, 1.807) is 0 Å². The molecule has 3 aliphatic rings. The number of fused-ring (bicyclic) bond motifs is 2. The fourth-order valence-corrected chi connectivity index (χ4v) is 15.2. The smallest absolute Gasteiger partial charge is 0.266 e. The van der Waals surface area contributed by atoms with Gasteiger partial charge in [0.2, 0.25) is 0 Å². The number of para-hydroxylation sites is 4. The topological polar surface area (TPSA) is 93.2 Å². The number of hydrogen-bond donors (Lipinski definition) is 0. The molecule has 12 aromatic rings. The summed E-state index contributed by atoms with van der Waals surface area (Å²) < 4.78 is 15.7. The van der Waals surface area contributed by atoms with Crippen molar-refractivity contribution < 1.29 is 28.7 Å². The maximum atomic E-state index is 16.5. The van der Waals surface area contributed by atoms with E-state index in [0.29, 0.717) is 106 Å². The monoisotopic (exact) mass is 1190 g/mol. The minimum Gasteiger partial charge on any atom is -0.456 e. The van der Waals surface area contributed by atoms with Crippen LogP contribution in [0.15, 0.2) is 200 Å². The molecule has 0 unspecified atom stereocenters. The van der Waals surface area contributed by atoms with Gasteiger partial charge in [0.15, 0.2) is 0 Å². The Morgan fingerprint density at radius 1 is 0.374 bits per heavy atom. The molecule has 2 heterocycles. The van der Waals surface area contributed by atoms with Crippen molar-refractivity contribution in [3.63, 3.8) is 0 Å². The van der Waals surface area contributed by atoms with Crippen molar-refractivity contribution >= 4 is 78.1 Å². The Labute approximate surface area is 531 Å². The second kappa shape index (κ2) is 22.7. The van der Waals surface area contributed by atoms with Crippen LogP contribution in [0.3, 0.4) is 0 Å². The SMILES string of the molecule is CCc1cccc(C(C)C)c1N1C(=O)c2ccc3c4c(Oc5c(-c6ccccc6)cccc5-c5ccccc5)cc5c6c(cc(Oc7c(-c8ccccc8)cccc7C7CCCCC7)c(c7ccc(c2c37)C1=O)c64)C(=O)N(c1c(C(C)C)cccc1C(C)C)C5=O. The highest BCUT2D eigenvalue weighted by Gasteiger charge is 2.43. The average Bonchev–Trinajstić information content (AvgIpc) is 0.689. The van der Waals surface area contributed by atoms with Gasteiger partial charge in [-0.1, -0.05) is 244 Å².